The number of imidazole rings is 1. The van der Waals surface area contributed by atoms with Crippen molar-refractivity contribution >= 4 is 11.0 Å². The van der Waals surface area contributed by atoms with Crippen LogP contribution in [0, 0.1) is 17.4 Å². The van der Waals surface area contributed by atoms with Gasteiger partial charge >= 0.3 is 0 Å². The van der Waals surface area contributed by atoms with Crippen molar-refractivity contribution in [1.82, 2.24) is 14.5 Å². The Morgan fingerprint density at radius 1 is 0.507 bits per heavy atom. The fourth-order valence-corrected chi connectivity index (χ4v) is 9.32. The van der Waals surface area contributed by atoms with Crippen molar-refractivity contribution < 1.29 is 26.2 Å². The van der Waals surface area contributed by atoms with Crippen LogP contribution in [0.5, 0.6) is 5.75 Å². The molecule has 2 aromatic heterocycles. The van der Waals surface area contributed by atoms with Crippen LogP contribution in [0.25, 0.3) is 83.9 Å². The average Bonchev–Trinajstić information content (AvgIpc) is 3.72. The van der Waals surface area contributed by atoms with E-state index in [0.29, 0.717) is 17.0 Å². The molecule has 2 heterocycles. The van der Waals surface area contributed by atoms with Crippen LogP contribution in [0.4, 0.5) is 0 Å². The molecule has 0 amide bonds. The first-order valence-electron chi connectivity index (χ1n) is 24.3. The number of phenols is 1. The first kappa shape index (κ1) is 50.5. The van der Waals surface area contributed by atoms with Gasteiger partial charge in [-0.15, -0.1) is 29.3 Å². The number of aromatic hydroxyl groups is 1. The zero-order valence-electron chi connectivity index (χ0n) is 43.1. The second kappa shape index (κ2) is 19.0. The molecule has 0 aliphatic carbocycles. The Labute approximate surface area is 435 Å². The van der Waals surface area contributed by atoms with Gasteiger partial charge in [0.15, 0.2) is 0 Å². The van der Waals surface area contributed by atoms with Gasteiger partial charge in [-0.05, 0) is 97.0 Å². The number of fused-ring (bicyclic) bond motifs is 1. The standard InChI is InChI=1S/C65H63N4O.Pt/c1-62(2,3)48-29-30-57(53(37-48)42-19-14-13-15-20-42)69-58-24-18-23-52(59(58)68-61(69)54-38-50(64(7,8)9)39-55(60(54)70)65(10,11)12)46-33-47(35-49(34-46)63(4,5)6)56-36-44(31-32-67-56)41-25-27-43(28-26-41)51-22-17-16-21-45(51)40-66;/h13-32,34-39,70H,1-12H3;/q-1;. The van der Waals surface area contributed by atoms with Crippen LogP contribution in [0.1, 0.15) is 111 Å². The second-order valence-corrected chi connectivity index (χ2v) is 22.8. The molecule has 0 bridgehead atoms. The predicted molar refractivity (Wildman–Crippen MR) is 291 cm³/mol. The Morgan fingerprint density at radius 3 is 1.76 bits per heavy atom. The molecule has 0 aliphatic rings. The number of nitriles is 1. The van der Waals surface area contributed by atoms with Gasteiger partial charge in [-0.25, -0.2) is 4.98 Å². The molecule has 0 spiro atoms. The van der Waals surface area contributed by atoms with Crippen LogP contribution in [-0.2, 0) is 42.7 Å². The molecule has 7 aromatic carbocycles. The van der Waals surface area contributed by atoms with Gasteiger partial charge in [-0.2, -0.15) is 5.26 Å². The molecule has 0 saturated heterocycles. The molecule has 9 aromatic rings. The molecule has 0 saturated carbocycles. The van der Waals surface area contributed by atoms with Crippen molar-refractivity contribution in [2.75, 3.05) is 0 Å². The number of pyridine rings is 1. The number of aromatic nitrogens is 3. The van der Waals surface area contributed by atoms with Gasteiger partial charge in [0.05, 0.1) is 33.9 Å². The Balaban J connectivity index is 0.00000676. The third-order valence-electron chi connectivity index (χ3n) is 13.5. The Bertz CT molecular complexity index is 3480. The third kappa shape index (κ3) is 10.1. The Morgan fingerprint density at radius 2 is 1.10 bits per heavy atom. The molecule has 0 fully saturated rings. The Kier molecular flexibility index (Phi) is 13.6. The van der Waals surface area contributed by atoms with Crippen molar-refractivity contribution in [3.63, 3.8) is 0 Å². The van der Waals surface area contributed by atoms with Crippen molar-refractivity contribution in [3.8, 4) is 84.7 Å². The van der Waals surface area contributed by atoms with Crippen LogP contribution >= 0.6 is 0 Å². The number of phenolic OH excluding ortho intramolecular Hbond substituents is 1. The second-order valence-electron chi connectivity index (χ2n) is 22.8. The normalized spacial score (nSPS) is 12.2. The molecule has 360 valence electrons. The molecule has 0 unspecified atom stereocenters. The maximum absolute atomic E-state index is 12.6. The van der Waals surface area contributed by atoms with Crippen LogP contribution < -0.4 is 0 Å². The average molecular weight is 1110 g/mol. The van der Waals surface area contributed by atoms with E-state index in [1.165, 1.54) is 5.56 Å². The van der Waals surface area contributed by atoms with E-state index in [-0.39, 0.29) is 48.5 Å². The summed E-state index contributed by atoms with van der Waals surface area (Å²) in [6.45, 7) is 26.6. The van der Waals surface area contributed by atoms with E-state index in [4.69, 9.17) is 9.97 Å². The van der Waals surface area contributed by atoms with Crippen molar-refractivity contribution in [1.29, 1.82) is 5.26 Å². The summed E-state index contributed by atoms with van der Waals surface area (Å²) in [5.41, 5.74) is 17.3. The molecular weight excluding hydrogens is 1050 g/mol. The van der Waals surface area contributed by atoms with Gasteiger partial charge < -0.3 is 5.11 Å². The minimum absolute atomic E-state index is 0. The summed E-state index contributed by atoms with van der Waals surface area (Å²) in [4.78, 5) is 10.6. The molecular formula is C65H63N4OPt-. The van der Waals surface area contributed by atoms with E-state index in [0.717, 1.165) is 89.2 Å². The number of para-hydroxylation sites is 1. The predicted octanol–water partition coefficient (Wildman–Crippen LogP) is 17.0. The van der Waals surface area contributed by atoms with Crippen molar-refractivity contribution in [2.24, 2.45) is 0 Å². The fraction of sp³-hybridized carbons (Fsp3) is 0.246. The van der Waals surface area contributed by atoms with Crippen molar-refractivity contribution in [3.05, 3.63) is 192 Å². The maximum atomic E-state index is 12.6. The monoisotopic (exact) mass is 1110 g/mol. The van der Waals surface area contributed by atoms with Crippen LogP contribution in [-0.4, -0.2) is 19.6 Å². The van der Waals surface area contributed by atoms with Gasteiger partial charge in [0, 0.05) is 44.1 Å². The van der Waals surface area contributed by atoms with Crippen LogP contribution in [0.15, 0.2) is 158 Å². The Hall–Kier alpha value is -6.86. The summed E-state index contributed by atoms with van der Waals surface area (Å²) in [7, 11) is 0. The largest absolute Gasteiger partial charge is 0.507 e. The molecule has 1 N–H and O–H groups in total. The van der Waals surface area contributed by atoms with Gasteiger partial charge in [0.25, 0.3) is 0 Å². The van der Waals surface area contributed by atoms with E-state index in [1.807, 2.05) is 36.5 Å². The van der Waals surface area contributed by atoms with Gasteiger partial charge in [-0.1, -0.05) is 197 Å². The number of benzene rings is 7. The summed E-state index contributed by atoms with van der Waals surface area (Å²) < 4.78 is 2.27. The van der Waals surface area contributed by atoms with Gasteiger partial charge in [0.1, 0.15) is 11.6 Å². The fourth-order valence-electron chi connectivity index (χ4n) is 9.32. The SMILES string of the molecule is CC(C)(C)c1cc(-c2cc(-c3ccc(-c4ccccc4C#N)cc3)ccn2)[c-]c(-c2cccc3c2nc(-c2cc(C(C)(C)C)cc(C(C)(C)C)c2O)n3-c2ccc(C(C)(C)C)cc2-c2ccccc2)c1.[Pt]. The summed E-state index contributed by atoms with van der Waals surface area (Å²) in [6.07, 6.45) is 1.87. The molecule has 0 atom stereocenters. The molecule has 9 rings (SSSR count). The van der Waals surface area contributed by atoms with Crippen LogP contribution in [0.3, 0.4) is 0 Å². The number of nitrogens with zero attached hydrogens (tertiary/aromatic N) is 4. The van der Waals surface area contributed by atoms with Gasteiger partial charge in [0.2, 0.25) is 0 Å². The van der Waals surface area contributed by atoms with E-state index < -0.39 is 0 Å². The summed E-state index contributed by atoms with van der Waals surface area (Å²) >= 11 is 0. The number of rotatable bonds is 7. The third-order valence-corrected chi connectivity index (χ3v) is 13.5. The minimum atomic E-state index is -0.344. The first-order chi connectivity index (χ1) is 33.1. The number of hydrogen-bond acceptors (Lipinski definition) is 4. The first-order valence-corrected chi connectivity index (χ1v) is 24.3. The van der Waals surface area contributed by atoms with Gasteiger partial charge in [-0.3, -0.25) is 9.55 Å². The van der Waals surface area contributed by atoms with E-state index in [9.17, 15) is 10.4 Å². The quantitative estimate of drug-likeness (QED) is 0.161. The van der Waals surface area contributed by atoms with E-state index in [2.05, 4.69) is 221 Å². The molecule has 0 aliphatic heterocycles. The summed E-state index contributed by atoms with van der Waals surface area (Å²) in [5.74, 6) is 0.906. The maximum Gasteiger partial charge on any atom is 0.148 e. The van der Waals surface area contributed by atoms with Crippen molar-refractivity contribution in [2.45, 2.75) is 105 Å². The smallest absolute Gasteiger partial charge is 0.148 e. The minimum Gasteiger partial charge on any atom is -0.507 e. The zero-order valence-corrected chi connectivity index (χ0v) is 45.3. The van der Waals surface area contributed by atoms with Crippen LogP contribution in [0.2, 0.25) is 0 Å². The summed E-state index contributed by atoms with van der Waals surface area (Å²) in [5, 5.41) is 22.3. The molecule has 0 radical (unpaired) electrons. The summed E-state index contributed by atoms with van der Waals surface area (Å²) in [6, 6.07) is 59.0. The topological polar surface area (TPSA) is 74.7 Å². The number of hydrogen-bond donors (Lipinski definition) is 1. The molecule has 6 heteroatoms. The molecule has 5 nitrogen and oxygen atoms in total. The van der Waals surface area contributed by atoms with E-state index >= 15 is 0 Å². The zero-order chi connectivity index (χ0) is 49.9. The van der Waals surface area contributed by atoms with E-state index in [1.54, 1.807) is 0 Å². The molecule has 71 heavy (non-hydrogen) atoms.